The maximum Gasteiger partial charge on any atom is 0.408 e. The van der Waals surface area contributed by atoms with Crippen molar-refractivity contribution in [2.75, 3.05) is 13.7 Å². The van der Waals surface area contributed by atoms with E-state index in [0.717, 1.165) is 18.4 Å². The Labute approximate surface area is 143 Å². The summed E-state index contributed by atoms with van der Waals surface area (Å²) in [5.41, 5.74) is 0.158. The largest absolute Gasteiger partial charge is 0.469 e. The fourth-order valence-corrected chi connectivity index (χ4v) is 1.92. The SMILES string of the molecule is COC(=O)C[C@H](NC(=O)OC(C)(C)C)C(=O)OCC1=CCCC=C1.[HH]. The number of rotatable bonds is 6. The maximum atomic E-state index is 12.2. The summed E-state index contributed by atoms with van der Waals surface area (Å²) >= 11 is 0. The van der Waals surface area contributed by atoms with Crippen molar-refractivity contribution in [3.05, 3.63) is 23.8 Å². The van der Waals surface area contributed by atoms with Crippen LogP contribution in [0.5, 0.6) is 0 Å². The van der Waals surface area contributed by atoms with Crippen LogP contribution in [0.1, 0.15) is 41.5 Å². The Morgan fingerprint density at radius 1 is 1.29 bits per heavy atom. The van der Waals surface area contributed by atoms with Gasteiger partial charge in [-0.15, -0.1) is 0 Å². The minimum absolute atomic E-state index is 0. The smallest absolute Gasteiger partial charge is 0.408 e. The Bertz CT molecular complexity index is 536. The van der Waals surface area contributed by atoms with Crippen LogP contribution in [0, 0.1) is 0 Å². The number of allylic oxidation sites excluding steroid dienone is 2. The molecule has 0 bridgehead atoms. The third-order valence-corrected chi connectivity index (χ3v) is 3.03. The van der Waals surface area contributed by atoms with Gasteiger partial charge in [0.05, 0.1) is 13.5 Å². The monoisotopic (exact) mass is 341 g/mol. The summed E-state index contributed by atoms with van der Waals surface area (Å²) in [7, 11) is 1.20. The molecule has 0 radical (unpaired) electrons. The Balaban J connectivity index is 0.00000576. The van der Waals surface area contributed by atoms with E-state index in [2.05, 4.69) is 10.1 Å². The number of hydrogen-bond donors (Lipinski definition) is 1. The minimum Gasteiger partial charge on any atom is -0.469 e. The molecule has 24 heavy (non-hydrogen) atoms. The number of ether oxygens (including phenoxy) is 3. The summed E-state index contributed by atoms with van der Waals surface area (Å²) in [6.45, 7) is 5.18. The van der Waals surface area contributed by atoms with E-state index >= 15 is 0 Å². The second-order valence-electron chi connectivity index (χ2n) is 6.35. The summed E-state index contributed by atoms with van der Waals surface area (Å²) in [6, 6.07) is -1.17. The average molecular weight is 341 g/mol. The predicted octanol–water partition coefficient (Wildman–Crippen LogP) is 2.51. The van der Waals surface area contributed by atoms with Gasteiger partial charge in [0, 0.05) is 1.43 Å². The first-order valence-corrected chi connectivity index (χ1v) is 7.80. The molecule has 0 aliphatic heterocycles. The molecular weight excluding hydrogens is 314 g/mol. The van der Waals surface area contributed by atoms with E-state index in [4.69, 9.17) is 9.47 Å². The molecule has 0 heterocycles. The molecule has 7 nitrogen and oxygen atoms in total. The van der Waals surface area contributed by atoms with Crippen LogP contribution in [0.2, 0.25) is 0 Å². The highest BCUT2D eigenvalue weighted by Gasteiger charge is 2.28. The summed E-state index contributed by atoms with van der Waals surface area (Å²) in [5, 5.41) is 2.35. The van der Waals surface area contributed by atoms with E-state index in [0.29, 0.717) is 0 Å². The van der Waals surface area contributed by atoms with Crippen molar-refractivity contribution in [2.45, 2.75) is 51.7 Å². The lowest BCUT2D eigenvalue weighted by molar-refractivity contribution is -0.150. The Morgan fingerprint density at radius 3 is 2.54 bits per heavy atom. The van der Waals surface area contributed by atoms with Crippen molar-refractivity contribution in [3.8, 4) is 0 Å². The number of methoxy groups -OCH3 is 1. The van der Waals surface area contributed by atoms with Crippen LogP contribution in [0.4, 0.5) is 4.79 Å². The van der Waals surface area contributed by atoms with Crippen molar-refractivity contribution in [1.82, 2.24) is 5.32 Å². The lowest BCUT2D eigenvalue weighted by atomic mass is 10.1. The van der Waals surface area contributed by atoms with Gasteiger partial charge in [0.15, 0.2) is 0 Å². The molecule has 1 N–H and O–H groups in total. The fraction of sp³-hybridized carbons (Fsp3) is 0.588. The molecule has 0 aromatic rings. The first-order valence-electron chi connectivity index (χ1n) is 7.80. The molecule has 0 unspecified atom stereocenters. The number of esters is 2. The zero-order valence-corrected chi connectivity index (χ0v) is 14.6. The third kappa shape index (κ3) is 7.80. The molecule has 1 atom stereocenters. The van der Waals surface area contributed by atoms with Gasteiger partial charge in [-0.3, -0.25) is 4.79 Å². The highest BCUT2D eigenvalue weighted by molar-refractivity contribution is 5.86. The van der Waals surface area contributed by atoms with Gasteiger partial charge in [-0.25, -0.2) is 9.59 Å². The number of nitrogens with one attached hydrogen (secondary N) is 1. The number of carbonyl (C=O) groups is 3. The Morgan fingerprint density at radius 2 is 2.00 bits per heavy atom. The molecule has 0 saturated carbocycles. The average Bonchev–Trinajstić information content (AvgIpc) is 2.51. The second-order valence-corrected chi connectivity index (χ2v) is 6.35. The summed E-state index contributed by atoms with van der Waals surface area (Å²) in [5.74, 6) is -1.35. The van der Waals surface area contributed by atoms with Crippen LogP contribution in [0.25, 0.3) is 0 Å². The van der Waals surface area contributed by atoms with Crippen molar-refractivity contribution < 1.29 is 30.0 Å². The molecular formula is C17H27NO6. The summed E-state index contributed by atoms with van der Waals surface area (Å²) < 4.78 is 14.8. The number of amides is 1. The molecule has 7 heteroatoms. The van der Waals surface area contributed by atoms with Gasteiger partial charge in [0.1, 0.15) is 18.2 Å². The fourth-order valence-electron chi connectivity index (χ4n) is 1.92. The van der Waals surface area contributed by atoms with Crippen molar-refractivity contribution in [1.29, 1.82) is 0 Å². The first-order chi connectivity index (χ1) is 11.2. The molecule has 0 aromatic heterocycles. The van der Waals surface area contributed by atoms with E-state index in [1.54, 1.807) is 20.8 Å². The lowest BCUT2D eigenvalue weighted by Gasteiger charge is -2.22. The molecule has 0 aromatic carbocycles. The van der Waals surface area contributed by atoms with Crippen LogP contribution in [0.15, 0.2) is 23.8 Å². The van der Waals surface area contributed by atoms with Gasteiger partial charge in [-0.1, -0.05) is 18.2 Å². The van der Waals surface area contributed by atoms with Gasteiger partial charge in [0.25, 0.3) is 0 Å². The zero-order valence-electron chi connectivity index (χ0n) is 14.6. The van der Waals surface area contributed by atoms with Crippen LogP contribution < -0.4 is 5.32 Å². The molecule has 0 spiro atoms. The summed E-state index contributed by atoms with van der Waals surface area (Å²) in [6.07, 6.45) is 6.58. The second kappa shape index (κ2) is 9.10. The van der Waals surface area contributed by atoms with Crippen molar-refractivity contribution in [3.63, 3.8) is 0 Å². The van der Waals surface area contributed by atoms with Crippen LogP contribution in [0.3, 0.4) is 0 Å². The zero-order chi connectivity index (χ0) is 18.2. The van der Waals surface area contributed by atoms with E-state index in [9.17, 15) is 14.4 Å². The van der Waals surface area contributed by atoms with Gasteiger partial charge < -0.3 is 19.5 Å². The van der Waals surface area contributed by atoms with Crippen molar-refractivity contribution >= 4 is 18.0 Å². The van der Waals surface area contributed by atoms with Crippen molar-refractivity contribution in [2.24, 2.45) is 0 Å². The molecule has 1 aliphatic rings. The standard InChI is InChI=1S/C17H25NO6.H2/c1-17(2,3)24-16(21)18-13(10-14(19)22-4)15(20)23-11-12-8-6-5-7-9-12;/h6,8-9,13H,5,7,10-11H2,1-4H3,(H,18,21);1H/t13-;/m0./s1. The first kappa shape index (κ1) is 19.7. The molecule has 0 fully saturated rings. The maximum absolute atomic E-state index is 12.2. The van der Waals surface area contributed by atoms with Crippen LogP contribution in [-0.2, 0) is 23.8 Å². The quantitative estimate of drug-likeness (QED) is 0.589. The molecule has 0 saturated heterocycles. The number of hydrogen-bond acceptors (Lipinski definition) is 6. The number of carbonyl (C=O) groups excluding carboxylic acids is 3. The molecule has 136 valence electrons. The van der Waals surface area contributed by atoms with E-state index in [-0.39, 0.29) is 14.5 Å². The van der Waals surface area contributed by atoms with Gasteiger partial charge >= 0.3 is 18.0 Å². The highest BCUT2D eigenvalue weighted by atomic mass is 16.6. The highest BCUT2D eigenvalue weighted by Crippen LogP contribution is 2.11. The van der Waals surface area contributed by atoms with Gasteiger partial charge in [-0.2, -0.15) is 0 Å². The van der Waals surface area contributed by atoms with Gasteiger partial charge in [0.2, 0.25) is 0 Å². The molecule has 1 rings (SSSR count). The molecule has 1 amide bonds. The van der Waals surface area contributed by atoms with E-state index in [1.807, 2.05) is 18.2 Å². The van der Waals surface area contributed by atoms with Crippen LogP contribution >= 0.6 is 0 Å². The third-order valence-electron chi connectivity index (χ3n) is 3.03. The Kier molecular flexibility index (Phi) is 7.48. The normalized spacial score (nSPS) is 15.1. The van der Waals surface area contributed by atoms with E-state index in [1.165, 1.54) is 7.11 Å². The Hall–Kier alpha value is -2.31. The van der Waals surface area contributed by atoms with Crippen LogP contribution in [-0.4, -0.2) is 43.4 Å². The minimum atomic E-state index is -1.17. The molecule has 1 aliphatic carbocycles. The number of alkyl carbamates (subject to hydrolysis) is 1. The predicted molar refractivity (Wildman–Crippen MR) is 89.3 cm³/mol. The van der Waals surface area contributed by atoms with E-state index < -0.39 is 29.7 Å². The van der Waals surface area contributed by atoms with Gasteiger partial charge in [-0.05, 0) is 39.2 Å². The lowest BCUT2D eigenvalue weighted by Crippen LogP contribution is -2.45. The summed E-state index contributed by atoms with van der Waals surface area (Å²) in [4.78, 5) is 35.5. The topological polar surface area (TPSA) is 90.9 Å².